The molecule has 0 aliphatic rings. The zero-order valence-electron chi connectivity index (χ0n) is 11.6. The van der Waals surface area contributed by atoms with E-state index in [-0.39, 0.29) is 5.56 Å². The van der Waals surface area contributed by atoms with Crippen molar-refractivity contribution >= 4 is 22.9 Å². The molecule has 0 fully saturated rings. The molecule has 0 saturated heterocycles. The van der Waals surface area contributed by atoms with Crippen LogP contribution in [0.3, 0.4) is 0 Å². The van der Waals surface area contributed by atoms with E-state index in [0.29, 0.717) is 10.9 Å². The maximum Gasteiger partial charge on any atom is 0.280 e. The molecule has 22 heavy (non-hydrogen) atoms. The molecule has 5 heteroatoms. The average Bonchev–Trinajstić information content (AvgIpc) is 2.57. The topological polar surface area (TPSA) is 64.0 Å². The minimum atomic E-state index is -0.400. The lowest BCUT2D eigenvalue weighted by Crippen LogP contribution is -2.32. The second kappa shape index (κ2) is 6.05. The van der Waals surface area contributed by atoms with Gasteiger partial charge in [-0.15, -0.1) is 0 Å². The second-order valence-corrected chi connectivity index (χ2v) is 4.66. The van der Waals surface area contributed by atoms with Crippen LogP contribution in [0.15, 0.2) is 71.8 Å². The summed E-state index contributed by atoms with van der Waals surface area (Å²) in [4.78, 5) is 28.2. The molecular formula is C17H13N3O2. The minimum Gasteiger partial charge on any atom is -0.268 e. The van der Waals surface area contributed by atoms with Crippen molar-refractivity contribution in [2.45, 2.75) is 0 Å². The van der Waals surface area contributed by atoms with Gasteiger partial charge in [-0.05, 0) is 23.8 Å². The molecule has 3 aromatic rings. The third-order valence-electron chi connectivity index (χ3n) is 3.12. The quantitative estimate of drug-likeness (QED) is 0.752. The van der Waals surface area contributed by atoms with Gasteiger partial charge in [-0.3, -0.25) is 15.0 Å². The van der Waals surface area contributed by atoms with Gasteiger partial charge in [0.05, 0.1) is 10.9 Å². The Kier molecular flexibility index (Phi) is 3.78. The molecule has 1 heterocycles. The van der Waals surface area contributed by atoms with Crippen molar-refractivity contribution in [1.29, 1.82) is 0 Å². The average molecular weight is 291 g/mol. The number of nitrogens with one attached hydrogen (secondary N) is 1. The summed E-state index contributed by atoms with van der Waals surface area (Å²) in [5.74, 6) is -0.400. The molecule has 0 aliphatic carbocycles. The molecule has 1 N–H and O–H groups in total. The van der Waals surface area contributed by atoms with Crippen molar-refractivity contribution in [3.63, 3.8) is 0 Å². The maximum atomic E-state index is 12.2. The third kappa shape index (κ3) is 2.93. The van der Waals surface area contributed by atoms with E-state index in [1.165, 1.54) is 12.4 Å². The Morgan fingerprint density at radius 2 is 1.77 bits per heavy atom. The molecule has 0 saturated carbocycles. The van der Waals surface area contributed by atoms with Crippen LogP contribution in [-0.4, -0.2) is 15.6 Å². The number of amides is 1. The monoisotopic (exact) mass is 291 g/mol. The van der Waals surface area contributed by atoms with Crippen molar-refractivity contribution in [2.75, 3.05) is 5.43 Å². The van der Waals surface area contributed by atoms with Crippen molar-refractivity contribution in [2.24, 2.45) is 0 Å². The summed E-state index contributed by atoms with van der Waals surface area (Å²) in [5.41, 5.74) is 3.68. The molecule has 0 unspecified atom stereocenters. The summed E-state index contributed by atoms with van der Waals surface area (Å²) in [7, 11) is 0. The van der Waals surface area contributed by atoms with Gasteiger partial charge in [0.2, 0.25) is 0 Å². The van der Waals surface area contributed by atoms with Gasteiger partial charge in [0.15, 0.2) is 0 Å². The van der Waals surface area contributed by atoms with E-state index >= 15 is 0 Å². The normalized spacial score (nSPS) is 10.9. The fourth-order valence-electron chi connectivity index (χ4n) is 2.04. The third-order valence-corrected chi connectivity index (χ3v) is 3.12. The van der Waals surface area contributed by atoms with Crippen LogP contribution < -0.4 is 11.0 Å². The summed E-state index contributed by atoms with van der Waals surface area (Å²) < 4.78 is 1.08. The molecular weight excluding hydrogens is 278 g/mol. The number of nitrogens with zero attached hydrogens (tertiary/aromatic N) is 2. The Hall–Kier alpha value is -3.21. The maximum absolute atomic E-state index is 12.2. The number of hydrogen-bond acceptors (Lipinski definition) is 3. The van der Waals surface area contributed by atoms with Crippen LogP contribution in [-0.2, 0) is 4.79 Å². The van der Waals surface area contributed by atoms with Crippen LogP contribution in [0.4, 0.5) is 0 Å². The van der Waals surface area contributed by atoms with Crippen LogP contribution in [0.1, 0.15) is 5.56 Å². The Morgan fingerprint density at radius 1 is 1.05 bits per heavy atom. The first-order chi connectivity index (χ1) is 10.7. The van der Waals surface area contributed by atoms with Gasteiger partial charge in [0.25, 0.3) is 11.5 Å². The smallest absolute Gasteiger partial charge is 0.268 e. The molecule has 1 amide bonds. The number of benzene rings is 2. The largest absolute Gasteiger partial charge is 0.280 e. The highest BCUT2D eigenvalue weighted by Crippen LogP contribution is 2.04. The molecule has 0 atom stereocenters. The van der Waals surface area contributed by atoms with Gasteiger partial charge in [-0.25, -0.2) is 9.66 Å². The summed E-state index contributed by atoms with van der Waals surface area (Å²) in [6.07, 6.45) is 4.35. The van der Waals surface area contributed by atoms with Gasteiger partial charge in [-0.1, -0.05) is 42.5 Å². The number of fused-ring (bicyclic) bond motifs is 1. The van der Waals surface area contributed by atoms with Crippen LogP contribution in [0.25, 0.3) is 17.0 Å². The minimum absolute atomic E-state index is 0.313. The molecule has 0 radical (unpaired) electrons. The van der Waals surface area contributed by atoms with Gasteiger partial charge < -0.3 is 0 Å². The summed E-state index contributed by atoms with van der Waals surface area (Å²) in [5, 5.41) is 0.456. The highest BCUT2D eigenvalue weighted by molar-refractivity contribution is 5.97. The van der Waals surface area contributed by atoms with Crippen LogP contribution in [0, 0.1) is 0 Å². The SMILES string of the molecule is O=C(/C=C/c1ccccc1)Nn1cnc2ccccc2c1=O. The van der Waals surface area contributed by atoms with Crippen LogP contribution >= 0.6 is 0 Å². The van der Waals surface area contributed by atoms with E-state index in [2.05, 4.69) is 10.4 Å². The molecule has 2 aromatic carbocycles. The molecule has 5 nitrogen and oxygen atoms in total. The molecule has 0 aliphatic heterocycles. The number of para-hydroxylation sites is 1. The Balaban J connectivity index is 1.81. The van der Waals surface area contributed by atoms with Gasteiger partial charge in [0.1, 0.15) is 6.33 Å². The first-order valence-corrected chi connectivity index (χ1v) is 6.74. The predicted octanol–water partition coefficient (Wildman–Crippen LogP) is 2.18. The summed E-state index contributed by atoms with van der Waals surface area (Å²) in [6, 6.07) is 16.4. The number of aromatic nitrogens is 2. The highest BCUT2D eigenvalue weighted by atomic mass is 16.2. The second-order valence-electron chi connectivity index (χ2n) is 4.66. The summed E-state index contributed by atoms with van der Waals surface area (Å²) >= 11 is 0. The fourth-order valence-corrected chi connectivity index (χ4v) is 2.04. The lowest BCUT2D eigenvalue weighted by Gasteiger charge is -2.06. The Morgan fingerprint density at radius 3 is 2.59 bits per heavy atom. The van der Waals surface area contributed by atoms with Crippen molar-refractivity contribution in [1.82, 2.24) is 9.66 Å². The van der Waals surface area contributed by atoms with Gasteiger partial charge in [-0.2, -0.15) is 0 Å². The Labute approximate surface area is 126 Å². The van der Waals surface area contributed by atoms with Gasteiger partial charge >= 0.3 is 0 Å². The molecule has 3 rings (SSSR count). The first kappa shape index (κ1) is 13.8. The molecule has 1 aromatic heterocycles. The van der Waals surface area contributed by atoms with E-state index in [0.717, 1.165) is 10.2 Å². The van der Waals surface area contributed by atoms with E-state index in [9.17, 15) is 9.59 Å². The van der Waals surface area contributed by atoms with E-state index in [4.69, 9.17) is 0 Å². The molecule has 0 spiro atoms. The number of rotatable bonds is 3. The lowest BCUT2D eigenvalue weighted by molar-refractivity contribution is -0.112. The summed E-state index contributed by atoms with van der Waals surface area (Å²) in [6.45, 7) is 0. The van der Waals surface area contributed by atoms with E-state index in [1.807, 2.05) is 30.3 Å². The van der Waals surface area contributed by atoms with Crippen molar-refractivity contribution in [3.8, 4) is 0 Å². The number of hydrogen-bond donors (Lipinski definition) is 1. The van der Waals surface area contributed by atoms with Crippen molar-refractivity contribution < 1.29 is 4.79 Å². The van der Waals surface area contributed by atoms with Crippen LogP contribution in [0.2, 0.25) is 0 Å². The lowest BCUT2D eigenvalue weighted by atomic mass is 10.2. The molecule has 0 bridgehead atoms. The standard InChI is InChI=1S/C17H13N3O2/c21-16(11-10-13-6-2-1-3-7-13)19-20-12-18-15-9-5-4-8-14(15)17(20)22/h1-12H,(H,19,21)/b11-10+. The van der Waals surface area contributed by atoms with Crippen molar-refractivity contribution in [3.05, 3.63) is 82.9 Å². The zero-order chi connectivity index (χ0) is 15.4. The van der Waals surface area contributed by atoms with E-state index < -0.39 is 5.91 Å². The Bertz CT molecular complexity index is 898. The fraction of sp³-hybridized carbons (Fsp3) is 0. The van der Waals surface area contributed by atoms with Crippen LogP contribution in [0.5, 0.6) is 0 Å². The number of carbonyl (C=O) groups is 1. The zero-order valence-corrected chi connectivity index (χ0v) is 11.6. The highest BCUT2D eigenvalue weighted by Gasteiger charge is 2.04. The van der Waals surface area contributed by atoms with Gasteiger partial charge in [0, 0.05) is 6.08 Å². The number of carbonyl (C=O) groups excluding carboxylic acids is 1. The molecule has 108 valence electrons. The predicted molar refractivity (Wildman–Crippen MR) is 85.8 cm³/mol. The first-order valence-electron chi connectivity index (χ1n) is 6.74. The van der Waals surface area contributed by atoms with E-state index in [1.54, 1.807) is 30.3 Å².